The van der Waals surface area contributed by atoms with Crippen LogP contribution in [0.3, 0.4) is 0 Å². The lowest BCUT2D eigenvalue weighted by Gasteiger charge is -2.60. The lowest BCUT2D eigenvalue weighted by Crippen LogP contribution is -2.80. The summed E-state index contributed by atoms with van der Waals surface area (Å²) in [7, 11) is 0. The van der Waals surface area contributed by atoms with Gasteiger partial charge in [-0.2, -0.15) is 0 Å². The molecule has 1 aliphatic rings. The van der Waals surface area contributed by atoms with Crippen LogP contribution in [0.4, 0.5) is 0 Å². The van der Waals surface area contributed by atoms with Gasteiger partial charge in [-0.3, -0.25) is 0 Å². The summed E-state index contributed by atoms with van der Waals surface area (Å²) < 4.78 is 5.03. The summed E-state index contributed by atoms with van der Waals surface area (Å²) in [5.41, 5.74) is -6.03. The molecule has 0 spiro atoms. The van der Waals surface area contributed by atoms with E-state index in [9.17, 15) is 20.4 Å². The molecule has 5 N–H and O–H groups in total. The molecular weight excluding hydrogens is 216 g/mol. The molecule has 5 atom stereocenters. The maximum atomic E-state index is 10.2. The number of aliphatic hydroxyl groups excluding tert-OH is 1. The molecule has 1 saturated heterocycles. The Bertz CT molecular complexity index is 281. The van der Waals surface area contributed by atoms with Crippen LogP contribution >= 0.6 is 0 Å². The summed E-state index contributed by atoms with van der Waals surface area (Å²) in [5.74, 6) is -2.08. The second-order valence-electron chi connectivity index (χ2n) is 5.06. The molecule has 96 valence electrons. The van der Waals surface area contributed by atoms with Crippen molar-refractivity contribution in [3.63, 3.8) is 0 Å². The summed E-state index contributed by atoms with van der Waals surface area (Å²) in [6.07, 6.45) is -1.20. The largest absolute Gasteiger partial charge is 0.394 e. The van der Waals surface area contributed by atoms with E-state index in [-0.39, 0.29) is 0 Å². The fourth-order valence-electron chi connectivity index (χ4n) is 1.98. The van der Waals surface area contributed by atoms with Crippen LogP contribution in [0.15, 0.2) is 0 Å². The zero-order valence-electron chi connectivity index (χ0n) is 9.93. The summed E-state index contributed by atoms with van der Waals surface area (Å²) in [5, 5.41) is 49.4. The van der Waals surface area contributed by atoms with E-state index in [1.165, 1.54) is 20.8 Å². The Labute approximate surface area is 94.1 Å². The molecule has 0 unspecified atom stereocenters. The quantitative estimate of drug-likeness (QED) is 0.373. The van der Waals surface area contributed by atoms with Gasteiger partial charge in [-0.25, -0.2) is 0 Å². The minimum atomic E-state index is -2.09. The second-order valence-corrected chi connectivity index (χ2v) is 5.06. The SMILES string of the molecule is C[C@]1(O)[C@](C)(O)[C@](C)(O)[C@@H](CO)O[C@@]1(C)O. The van der Waals surface area contributed by atoms with Gasteiger partial charge < -0.3 is 30.3 Å². The fourth-order valence-corrected chi connectivity index (χ4v) is 1.98. The molecule has 6 heteroatoms. The van der Waals surface area contributed by atoms with Crippen LogP contribution in [0.25, 0.3) is 0 Å². The first-order chi connectivity index (χ1) is 6.92. The third-order valence-corrected chi connectivity index (χ3v) is 4.00. The molecular formula is C10H20O6. The maximum absolute atomic E-state index is 10.2. The second kappa shape index (κ2) is 3.38. The highest BCUT2D eigenvalue weighted by atomic mass is 16.7. The van der Waals surface area contributed by atoms with E-state index in [1.807, 2.05) is 0 Å². The Balaban J connectivity index is 3.30. The highest BCUT2D eigenvalue weighted by Crippen LogP contribution is 2.47. The van der Waals surface area contributed by atoms with E-state index in [0.29, 0.717) is 0 Å². The number of ether oxygens (including phenoxy) is 1. The standard InChI is InChI=1S/C10H20O6/c1-7(12)6(5-11)16-10(4,15)9(3,14)8(7,2)13/h6,11-15H,5H2,1-4H3/t6-,7-,8-,9+,10-/m1/s1. The lowest BCUT2D eigenvalue weighted by molar-refractivity contribution is -0.423. The Morgan fingerprint density at radius 2 is 1.38 bits per heavy atom. The smallest absolute Gasteiger partial charge is 0.195 e. The molecule has 0 amide bonds. The predicted molar refractivity (Wildman–Crippen MR) is 54.5 cm³/mol. The first-order valence-electron chi connectivity index (χ1n) is 5.10. The molecule has 0 aromatic carbocycles. The molecule has 0 aromatic heterocycles. The van der Waals surface area contributed by atoms with Crippen LogP contribution in [-0.2, 0) is 4.74 Å². The van der Waals surface area contributed by atoms with E-state index in [2.05, 4.69) is 0 Å². The van der Waals surface area contributed by atoms with Gasteiger partial charge in [0.2, 0.25) is 0 Å². The van der Waals surface area contributed by atoms with Gasteiger partial charge in [0, 0.05) is 0 Å². The van der Waals surface area contributed by atoms with Crippen molar-refractivity contribution in [2.75, 3.05) is 6.61 Å². The zero-order valence-corrected chi connectivity index (χ0v) is 9.93. The van der Waals surface area contributed by atoms with Crippen molar-refractivity contribution in [3.05, 3.63) is 0 Å². The Kier molecular flexibility index (Phi) is 2.92. The van der Waals surface area contributed by atoms with Gasteiger partial charge in [-0.1, -0.05) is 0 Å². The molecule has 0 aromatic rings. The van der Waals surface area contributed by atoms with Crippen LogP contribution < -0.4 is 0 Å². The summed E-state index contributed by atoms with van der Waals surface area (Å²) in [6, 6.07) is 0. The molecule has 1 aliphatic heterocycles. The Hall–Kier alpha value is -0.240. The molecule has 1 fully saturated rings. The summed E-state index contributed by atoms with van der Waals surface area (Å²) in [4.78, 5) is 0. The van der Waals surface area contributed by atoms with Crippen LogP contribution in [0.1, 0.15) is 27.7 Å². The zero-order chi connectivity index (χ0) is 13.0. The fraction of sp³-hybridized carbons (Fsp3) is 1.00. The number of hydrogen-bond acceptors (Lipinski definition) is 6. The highest BCUT2D eigenvalue weighted by Gasteiger charge is 2.69. The van der Waals surface area contributed by atoms with Crippen LogP contribution in [0, 0.1) is 0 Å². The average molecular weight is 236 g/mol. The third kappa shape index (κ3) is 1.42. The minimum Gasteiger partial charge on any atom is -0.394 e. The molecule has 1 rings (SSSR count). The average Bonchev–Trinajstić information content (AvgIpc) is 2.11. The Morgan fingerprint density at radius 1 is 0.938 bits per heavy atom. The normalized spacial score (nSPS) is 58.7. The summed E-state index contributed by atoms with van der Waals surface area (Å²) in [6.45, 7) is 4.16. The van der Waals surface area contributed by atoms with Gasteiger partial charge in [-0.15, -0.1) is 0 Å². The highest BCUT2D eigenvalue weighted by molar-refractivity contribution is 5.16. The van der Waals surface area contributed by atoms with Crippen molar-refractivity contribution in [2.24, 2.45) is 0 Å². The van der Waals surface area contributed by atoms with E-state index in [1.54, 1.807) is 0 Å². The molecule has 0 radical (unpaired) electrons. The monoisotopic (exact) mass is 236 g/mol. The molecule has 16 heavy (non-hydrogen) atoms. The Morgan fingerprint density at radius 3 is 1.75 bits per heavy atom. The topological polar surface area (TPSA) is 110 Å². The van der Waals surface area contributed by atoms with E-state index in [0.717, 1.165) is 6.92 Å². The van der Waals surface area contributed by atoms with Crippen molar-refractivity contribution >= 4 is 0 Å². The molecule has 0 bridgehead atoms. The van der Waals surface area contributed by atoms with Gasteiger partial charge in [0.05, 0.1) is 6.61 Å². The van der Waals surface area contributed by atoms with E-state index >= 15 is 0 Å². The third-order valence-electron chi connectivity index (χ3n) is 4.00. The number of aliphatic hydroxyl groups is 5. The van der Waals surface area contributed by atoms with Gasteiger partial charge in [0.25, 0.3) is 0 Å². The van der Waals surface area contributed by atoms with Crippen LogP contribution in [-0.4, -0.2) is 60.8 Å². The first-order valence-corrected chi connectivity index (χ1v) is 5.10. The van der Waals surface area contributed by atoms with Crippen molar-refractivity contribution in [3.8, 4) is 0 Å². The number of hydrogen-bond donors (Lipinski definition) is 5. The minimum absolute atomic E-state index is 0.588. The predicted octanol–water partition coefficient (Wildman–Crippen LogP) is -1.66. The van der Waals surface area contributed by atoms with E-state index < -0.39 is 35.3 Å². The first kappa shape index (κ1) is 13.8. The van der Waals surface area contributed by atoms with Crippen LogP contribution in [0.2, 0.25) is 0 Å². The van der Waals surface area contributed by atoms with Gasteiger partial charge >= 0.3 is 0 Å². The van der Waals surface area contributed by atoms with E-state index in [4.69, 9.17) is 9.84 Å². The van der Waals surface area contributed by atoms with Crippen molar-refractivity contribution in [2.45, 2.75) is 56.4 Å². The lowest BCUT2D eigenvalue weighted by atomic mass is 9.65. The maximum Gasteiger partial charge on any atom is 0.195 e. The summed E-state index contributed by atoms with van der Waals surface area (Å²) >= 11 is 0. The van der Waals surface area contributed by atoms with Crippen molar-refractivity contribution < 1.29 is 30.3 Å². The van der Waals surface area contributed by atoms with Gasteiger partial charge in [0.15, 0.2) is 5.79 Å². The molecule has 6 nitrogen and oxygen atoms in total. The van der Waals surface area contributed by atoms with Crippen LogP contribution in [0.5, 0.6) is 0 Å². The molecule has 0 aliphatic carbocycles. The number of rotatable bonds is 1. The van der Waals surface area contributed by atoms with Gasteiger partial charge in [0.1, 0.15) is 22.9 Å². The van der Waals surface area contributed by atoms with Crippen molar-refractivity contribution in [1.82, 2.24) is 0 Å². The van der Waals surface area contributed by atoms with Crippen molar-refractivity contribution in [1.29, 1.82) is 0 Å². The van der Waals surface area contributed by atoms with Gasteiger partial charge in [-0.05, 0) is 27.7 Å². The molecule has 1 heterocycles. The molecule has 0 saturated carbocycles.